The van der Waals surface area contributed by atoms with E-state index in [1.165, 1.54) is 0 Å². The van der Waals surface area contributed by atoms with Crippen LogP contribution in [-0.4, -0.2) is 18.4 Å². The molecule has 0 aromatic heterocycles. The topological polar surface area (TPSA) is 94.0 Å². The van der Waals surface area contributed by atoms with Crippen LogP contribution >= 0.6 is 9.24 Å². The second kappa shape index (κ2) is 10.6. The van der Waals surface area contributed by atoms with Gasteiger partial charge < -0.3 is 16.0 Å². The monoisotopic (exact) mass is 444 g/mol. The first-order valence-corrected chi connectivity index (χ1v) is 10.7. The number of rotatable bonds is 8. The lowest BCUT2D eigenvalue weighted by Crippen LogP contribution is -2.32. The fourth-order valence-electron chi connectivity index (χ4n) is 3.48. The molecule has 0 saturated heterocycles. The van der Waals surface area contributed by atoms with Crippen LogP contribution in [0.4, 0.5) is 0 Å². The molecule has 3 N–H and O–H groups in total. The fraction of sp³-hybridized carbons (Fsp3) is 0.160. The Hall–Kier alpha value is -3.68. The maximum atomic E-state index is 13.1. The lowest BCUT2D eigenvalue weighted by molar-refractivity contribution is -0.117. The van der Waals surface area contributed by atoms with E-state index in [1.807, 2.05) is 49.4 Å². The molecule has 162 valence electrons. The highest BCUT2D eigenvalue weighted by Gasteiger charge is 2.17. The molecular weight excluding hydrogens is 419 g/mol. The summed E-state index contributed by atoms with van der Waals surface area (Å²) < 4.78 is 0. The Balaban J connectivity index is 1.74. The predicted octanol–water partition coefficient (Wildman–Crippen LogP) is 3.07. The number of hydrogen-bond donors (Lipinski definition) is 3. The van der Waals surface area contributed by atoms with E-state index in [-0.39, 0.29) is 30.7 Å². The van der Waals surface area contributed by atoms with E-state index in [0.717, 1.165) is 27.2 Å². The molecule has 2 amide bonds. The number of nitriles is 1. The minimum atomic E-state index is -0.452. The smallest absolute Gasteiger partial charge is 0.267 e. The molecule has 0 saturated carbocycles. The normalized spacial score (nSPS) is 11.3. The summed E-state index contributed by atoms with van der Waals surface area (Å²) in [6, 6.07) is 21.0. The number of amides is 2. The molecule has 2 unspecified atom stereocenters. The molecule has 32 heavy (non-hydrogen) atoms. The summed E-state index contributed by atoms with van der Waals surface area (Å²) in [6.07, 6.45) is 0. The van der Waals surface area contributed by atoms with Gasteiger partial charge in [0.2, 0.25) is 0 Å². The number of carbonyl (C=O) groups excluding carboxylic acids is 2. The quantitative estimate of drug-likeness (QED) is 0.283. The van der Waals surface area contributed by atoms with E-state index in [9.17, 15) is 9.59 Å². The number of fused-ring (bicyclic) bond motifs is 1. The third-order valence-corrected chi connectivity index (χ3v) is 5.67. The highest BCUT2D eigenvalue weighted by molar-refractivity contribution is 7.28. The van der Waals surface area contributed by atoms with Gasteiger partial charge in [-0.25, -0.2) is 0 Å². The average molecular weight is 444 g/mol. The zero-order valence-electron chi connectivity index (χ0n) is 17.8. The molecule has 6 nitrogen and oxygen atoms in total. The van der Waals surface area contributed by atoms with Crippen LogP contribution in [0.5, 0.6) is 0 Å². The van der Waals surface area contributed by atoms with Gasteiger partial charge >= 0.3 is 0 Å². The van der Waals surface area contributed by atoms with Crippen molar-refractivity contribution < 1.29 is 9.59 Å². The molecule has 0 heterocycles. The molecule has 0 fully saturated rings. The van der Waals surface area contributed by atoms with Gasteiger partial charge in [-0.05, 0) is 40.2 Å². The minimum Gasteiger partial charge on any atom is -0.377 e. The molecule has 0 aliphatic heterocycles. The third-order valence-electron chi connectivity index (χ3n) is 5.16. The number of benzene rings is 3. The van der Waals surface area contributed by atoms with Gasteiger partial charge in [-0.3, -0.25) is 9.59 Å². The van der Waals surface area contributed by atoms with Crippen LogP contribution in [0.2, 0.25) is 0 Å². The molecule has 0 radical (unpaired) electrons. The largest absolute Gasteiger partial charge is 0.377 e. The van der Waals surface area contributed by atoms with Gasteiger partial charge in [0.15, 0.2) is 0 Å². The van der Waals surface area contributed by atoms with E-state index < -0.39 is 5.91 Å². The van der Waals surface area contributed by atoms with Gasteiger partial charge in [0, 0.05) is 12.1 Å². The molecule has 0 aliphatic rings. The molecular formula is C25H25N4O2P. The van der Waals surface area contributed by atoms with Crippen LogP contribution in [0.25, 0.3) is 10.8 Å². The Bertz CT molecular complexity index is 1220. The minimum absolute atomic E-state index is 0.0944. The van der Waals surface area contributed by atoms with Crippen molar-refractivity contribution in [3.8, 4) is 6.07 Å². The summed E-state index contributed by atoms with van der Waals surface area (Å²) in [5.74, 6) is -0.653. The standard InChI is InChI=1S/C25H25N4O2P/c1-16(19-11-12-23(32)22-10-6-5-9-21(19)22)29-25(31)20-8-4-3-7-18(20)15-28-17(2)24(30)27-14-13-26/h3-12,16,28H,2,14-15,32H2,1H3,(H,27,30)(H,29,31). The van der Waals surface area contributed by atoms with E-state index in [4.69, 9.17) is 5.26 Å². The third kappa shape index (κ3) is 5.32. The lowest BCUT2D eigenvalue weighted by atomic mass is 9.99. The number of carbonyl (C=O) groups is 2. The van der Waals surface area contributed by atoms with Crippen LogP contribution in [0, 0.1) is 11.3 Å². The van der Waals surface area contributed by atoms with Crippen molar-refractivity contribution in [2.45, 2.75) is 19.5 Å². The van der Waals surface area contributed by atoms with Crippen LogP contribution in [-0.2, 0) is 11.3 Å². The second-order valence-electron chi connectivity index (χ2n) is 7.31. The maximum absolute atomic E-state index is 13.1. The molecule has 0 bridgehead atoms. The average Bonchev–Trinajstić information content (AvgIpc) is 2.81. The highest BCUT2D eigenvalue weighted by atomic mass is 31.0. The summed E-state index contributed by atoms with van der Waals surface area (Å²) in [7, 11) is 2.75. The van der Waals surface area contributed by atoms with Crippen LogP contribution in [0.15, 0.2) is 72.9 Å². The molecule has 3 rings (SSSR count). The molecule has 3 aromatic rings. The Kier molecular flexibility index (Phi) is 7.59. The Morgan fingerprint density at radius 3 is 2.47 bits per heavy atom. The summed E-state index contributed by atoms with van der Waals surface area (Å²) >= 11 is 0. The fourth-order valence-corrected chi connectivity index (χ4v) is 3.83. The molecule has 2 atom stereocenters. The Morgan fingerprint density at radius 2 is 1.72 bits per heavy atom. The molecule has 0 aliphatic carbocycles. The first kappa shape index (κ1) is 23.0. The van der Waals surface area contributed by atoms with E-state index in [1.54, 1.807) is 12.1 Å². The van der Waals surface area contributed by atoms with Crippen LogP contribution in [0.3, 0.4) is 0 Å². The first-order chi connectivity index (χ1) is 15.4. The zero-order valence-corrected chi connectivity index (χ0v) is 19.0. The van der Waals surface area contributed by atoms with E-state index >= 15 is 0 Å². The van der Waals surface area contributed by atoms with E-state index in [2.05, 4.69) is 43.9 Å². The van der Waals surface area contributed by atoms with Crippen molar-refractivity contribution in [1.82, 2.24) is 16.0 Å². The van der Waals surface area contributed by atoms with Crippen molar-refractivity contribution >= 4 is 37.1 Å². The predicted molar refractivity (Wildman–Crippen MR) is 130 cm³/mol. The Labute approximate surface area is 189 Å². The molecule has 7 heteroatoms. The van der Waals surface area contributed by atoms with Crippen LogP contribution in [0.1, 0.15) is 34.5 Å². The SMILES string of the molecule is C=C(NCc1ccccc1C(=O)NC(C)c1ccc(P)c2ccccc12)C(=O)NCC#N. The summed E-state index contributed by atoms with van der Waals surface area (Å²) in [5, 5.41) is 20.3. The zero-order chi connectivity index (χ0) is 23.1. The van der Waals surface area contributed by atoms with Crippen molar-refractivity contribution in [3.63, 3.8) is 0 Å². The van der Waals surface area contributed by atoms with Crippen molar-refractivity contribution in [1.29, 1.82) is 5.26 Å². The first-order valence-electron chi connectivity index (χ1n) is 10.2. The van der Waals surface area contributed by atoms with E-state index in [0.29, 0.717) is 5.56 Å². The summed E-state index contributed by atoms with van der Waals surface area (Å²) in [6.45, 7) is 5.81. The van der Waals surface area contributed by atoms with Gasteiger partial charge in [0.1, 0.15) is 6.54 Å². The van der Waals surface area contributed by atoms with Crippen molar-refractivity contribution in [3.05, 3.63) is 89.6 Å². The highest BCUT2D eigenvalue weighted by Crippen LogP contribution is 2.24. The van der Waals surface area contributed by atoms with Gasteiger partial charge in [-0.1, -0.05) is 61.2 Å². The number of nitrogens with one attached hydrogen (secondary N) is 3. The van der Waals surface area contributed by atoms with Gasteiger partial charge in [0.25, 0.3) is 11.8 Å². The van der Waals surface area contributed by atoms with Crippen LogP contribution < -0.4 is 21.3 Å². The number of hydrogen-bond acceptors (Lipinski definition) is 4. The van der Waals surface area contributed by atoms with Crippen molar-refractivity contribution in [2.24, 2.45) is 0 Å². The molecule has 3 aromatic carbocycles. The van der Waals surface area contributed by atoms with Crippen molar-refractivity contribution in [2.75, 3.05) is 6.54 Å². The maximum Gasteiger partial charge on any atom is 0.267 e. The van der Waals surface area contributed by atoms with Gasteiger partial charge in [-0.2, -0.15) is 5.26 Å². The van der Waals surface area contributed by atoms with Gasteiger partial charge in [0.05, 0.1) is 17.8 Å². The summed E-state index contributed by atoms with van der Waals surface area (Å²) in [5.41, 5.74) is 2.42. The Morgan fingerprint density at radius 1 is 1.03 bits per heavy atom. The number of nitrogens with zero attached hydrogens (tertiary/aromatic N) is 1. The molecule has 0 spiro atoms. The lowest BCUT2D eigenvalue weighted by Gasteiger charge is -2.19. The second-order valence-corrected chi connectivity index (χ2v) is 7.94. The summed E-state index contributed by atoms with van der Waals surface area (Å²) in [4.78, 5) is 25.0. The van der Waals surface area contributed by atoms with Gasteiger partial charge in [-0.15, -0.1) is 9.24 Å².